The summed E-state index contributed by atoms with van der Waals surface area (Å²) in [5, 5.41) is 9.34. The van der Waals surface area contributed by atoms with Crippen LogP contribution in [0.1, 0.15) is 11.1 Å². The molecule has 0 unspecified atom stereocenters. The van der Waals surface area contributed by atoms with Gasteiger partial charge in [-0.2, -0.15) is 0 Å². The monoisotopic (exact) mass is 216 g/mol. The average molecular weight is 216 g/mol. The number of aryl methyl sites for hydroxylation is 2. The quantitative estimate of drug-likeness (QED) is 0.668. The SMILES string of the molecule is Cc1ccc(CCP(=O)(O)O)cc1O. The molecule has 0 spiro atoms. The Morgan fingerprint density at radius 1 is 1.36 bits per heavy atom. The summed E-state index contributed by atoms with van der Waals surface area (Å²) in [7, 11) is -3.94. The van der Waals surface area contributed by atoms with E-state index in [4.69, 9.17) is 9.79 Å². The van der Waals surface area contributed by atoms with E-state index in [-0.39, 0.29) is 18.3 Å². The van der Waals surface area contributed by atoms with E-state index in [9.17, 15) is 9.67 Å². The molecule has 0 atom stereocenters. The molecule has 0 aliphatic carbocycles. The molecule has 1 aromatic carbocycles. The predicted octanol–water partition coefficient (Wildman–Crippen LogP) is 1.42. The first-order valence-electron chi connectivity index (χ1n) is 4.21. The second kappa shape index (κ2) is 4.13. The van der Waals surface area contributed by atoms with Crippen LogP contribution in [0.2, 0.25) is 0 Å². The van der Waals surface area contributed by atoms with Crippen molar-refractivity contribution in [1.29, 1.82) is 0 Å². The fourth-order valence-electron chi connectivity index (χ4n) is 1.09. The molecular formula is C9H13O4P. The molecule has 0 aliphatic heterocycles. The summed E-state index contributed by atoms with van der Waals surface area (Å²) in [6, 6.07) is 5.01. The van der Waals surface area contributed by atoms with Gasteiger partial charge in [0.05, 0.1) is 6.16 Å². The first-order chi connectivity index (χ1) is 6.38. The Kier molecular flexibility index (Phi) is 3.32. The van der Waals surface area contributed by atoms with Crippen LogP contribution in [0.15, 0.2) is 18.2 Å². The highest BCUT2D eigenvalue weighted by molar-refractivity contribution is 7.51. The van der Waals surface area contributed by atoms with Gasteiger partial charge in [0.1, 0.15) is 5.75 Å². The first kappa shape index (κ1) is 11.2. The summed E-state index contributed by atoms with van der Waals surface area (Å²) >= 11 is 0. The molecule has 0 aromatic heterocycles. The number of benzene rings is 1. The predicted molar refractivity (Wildman–Crippen MR) is 53.5 cm³/mol. The van der Waals surface area contributed by atoms with E-state index in [1.807, 2.05) is 0 Å². The van der Waals surface area contributed by atoms with Crippen molar-refractivity contribution >= 4 is 7.60 Å². The minimum absolute atomic E-state index is 0.160. The molecule has 0 saturated carbocycles. The molecule has 5 heteroatoms. The second-order valence-electron chi connectivity index (χ2n) is 3.26. The van der Waals surface area contributed by atoms with Crippen molar-refractivity contribution in [1.82, 2.24) is 0 Å². The van der Waals surface area contributed by atoms with Crippen LogP contribution in [-0.2, 0) is 11.0 Å². The van der Waals surface area contributed by atoms with Gasteiger partial charge in [-0.15, -0.1) is 0 Å². The van der Waals surface area contributed by atoms with E-state index >= 15 is 0 Å². The lowest BCUT2D eigenvalue weighted by Crippen LogP contribution is -1.93. The lowest BCUT2D eigenvalue weighted by atomic mass is 10.1. The third-order valence-electron chi connectivity index (χ3n) is 1.97. The van der Waals surface area contributed by atoms with Gasteiger partial charge in [0.25, 0.3) is 0 Å². The van der Waals surface area contributed by atoms with Crippen molar-refractivity contribution in [2.45, 2.75) is 13.3 Å². The van der Waals surface area contributed by atoms with E-state index in [0.717, 1.165) is 11.1 Å². The zero-order chi connectivity index (χ0) is 10.8. The molecule has 1 aromatic rings. The van der Waals surface area contributed by atoms with Crippen LogP contribution in [0.25, 0.3) is 0 Å². The molecule has 1 rings (SSSR count). The zero-order valence-electron chi connectivity index (χ0n) is 7.84. The van der Waals surface area contributed by atoms with Crippen molar-refractivity contribution in [2.24, 2.45) is 0 Å². The Balaban J connectivity index is 2.69. The number of phenols is 1. The Morgan fingerprint density at radius 3 is 2.50 bits per heavy atom. The summed E-state index contributed by atoms with van der Waals surface area (Å²) in [5.41, 5.74) is 1.49. The minimum atomic E-state index is -3.94. The third-order valence-corrected chi connectivity index (χ3v) is 2.77. The van der Waals surface area contributed by atoms with Gasteiger partial charge in [0, 0.05) is 0 Å². The number of hydrogen-bond acceptors (Lipinski definition) is 2. The van der Waals surface area contributed by atoms with Crippen LogP contribution in [0, 0.1) is 6.92 Å². The maximum absolute atomic E-state index is 10.6. The number of rotatable bonds is 3. The summed E-state index contributed by atoms with van der Waals surface area (Å²) < 4.78 is 10.6. The largest absolute Gasteiger partial charge is 0.508 e. The highest BCUT2D eigenvalue weighted by Crippen LogP contribution is 2.35. The molecular weight excluding hydrogens is 203 g/mol. The van der Waals surface area contributed by atoms with Crippen LogP contribution in [0.3, 0.4) is 0 Å². The Labute approximate surface area is 82.4 Å². The Hall–Kier alpha value is -0.830. The summed E-state index contributed by atoms with van der Waals surface area (Å²) in [5.74, 6) is 0.160. The maximum atomic E-state index is 10.6. The third kappa shape index (κ3) is 3.50. The highest BCUT2D eigenvalue weighted by atomic mass is 31.2. The van der Waals surface area contributed by atoms with Gasteiger partial charge in [-0.25, -0.2) is 0 Å². The van der Waals surface area contributed by atoms with E-state index in [1.54, 1.807) is 19.1 Å². The summed E-state index contributed by atoms with van der Waals surface area (Å²) in [6.45, 7) is 1.77. The molecule has 4 nitrogen and oxygen atoms in total. The van der Waals surface area contributed by atoms with Crippen molar-refractivity contribution in [3.8, 4) is 5.75 Å². The number of hydrogen-bond donors (Lipinski definition) is 3. The van der Waals surface area contributed by atoms with E-state index in [0.29, 0.717) is 0 Å². The molecule has 0 amide bonds. The topological polar surface area (TPSA) is 77.8 Å². The molecule has 14 heavy (non-hydrogen) atoms. The van der Waals surface area contributed by atoms with Crippen molar-refractivity contribution in [2.75, 3.05) is 6.16 Å². The second-order valence-corrected chi connectivity index (χ2v) is 5.04. The highest BCUT2D eigenvalue weighted by Gasteiger charge is 2.12. The smallest absolute Gasteiger partial charge is 0.325 e. The number of aromatic hydroxyl groups is 1. The standard InChI is InChI=1S/C9H13O4P/c1-7-2-3-8(6-9(7)10)4-5-14(11,12)13/h2-3,6,10H,4-5H2,1H3,(H2,11,12,13). The van der Waals surface area contributed by atoms with Gasteiger partial charge >= 0.3 is 7.60 Å². The van der Waals surface area contributed by atoms with Crippen LogP contribution in [-0.4, -0.2) is 21.1 Å². The molecule has 78 valence electrons. The molecule has 0 bridgehead atoms. The van der Waals surface area contributed by atoms with Gasteiger partial charge in [-0.05, 0) is 30.5 Å². The van der Waals surface area contributed by atoms with Gasteiger partial charge < -0.3 is 14.9 Å². The van der Waals surface area contributed by atoms with Gasteiger partial charge in [0.15, 0.2) is 0 Å². The van der Waals surface area contributed by atoms with Crippen LogP contribution < -0.4 is 0 Å². The van der Waals surface area contributed by atoms with Crippen LogP contribution in [0.4, 0.5) is 0 Å². The Bertz CT molecular complexity index is 369. The van der Waals surface area contributed by atoms with E-state index < -0.39 is 7.60 Å². The maximum Gasteiger partial charge on any atom is 0.325 e. The van der Waals surface area contributed by atoms with Crippen molar-refractivity contribution < 1.29 is 19.5 Å². The molecule has 0 fully saturated rings. The number of phenolic OH excluding ortho intramolecular Hbond substituents is 1. The lowest BCUT2D eigenvalue weighted by Gasteiger charge is -2.05. The lowest BCUT2D eigenvalue weighted by molar-refractivity contribution is 0.373. The van der Waals surface area contributed by atoms with E-state index in [1.165, 1.54) is 6.07 Å². The molecule has 0 heterocycles. The molecule has 3 N–H and O–H groups in total. The van der Waals surface area contributed by atoms with Crippen molar-refractivity contribution in [3.05, 3.63) is 29.3 Å². The minimum Gasteiger partial charge on any atom is -0.508 e. The normalized spacial score (nSPS) is 11.6. The van der Waals surface area contributed by atoms with E-state index in [2.05, 4.69) is 0 Å². The van der Waals surface area contributed by atoms with Gasteiger partial charge in [0.2, 0.25) is 0 Å². The van der Waals surface area contributed by atoms with Crippen LogP contribution in [0.5, 0.6) is 5.75 Å². The first-order valence-corrected chi connectivity index (χ1v) is 6.01. The van der Waals surface area contributed by atoms with Crippen LogP contribution >= 0.6 is 7.60 Å². The Morgan fingerprint density at radius 2 is 2.00 bits per heavy atom. The fraction of sp³-hybridized carbons (Fsp3) is 0.333. The fourth-order valence-corrected chi connectivity index (χ4v) is 1.63. The molecule has 0 saturated heterocycles. The van der Waals surface area contributed by atoms with Crippen molar-refractivity contribution in [3.63, 3.8) is 0 Å². The van der Waals surface area contributed by atoms with Gasteiger partial charge in [-0.1, -0.05) is 12.1 Å². The summed E-state index contributed by atoms with van der Waals surface area (Å²) in [4.78, 5) is 17.3. The zero-order valence-corrected chi connectivity index (χ0v) is 8.74. The average Bonchev–Trinajstić information content (AvgIpc) is 2.06. The summed E-state index contributed by atoms with van der Waals surface area (Å²) in [6.07, 6.45) is 0.0909. The molecule has 0 radical (unpaired) electrons. The molecule has 0 aliphatic rings. The van der Waals surface area contributed by atoms with Gasteiger partial charge in [-0.3, -0.25) is 4.57 Å².